The van der Waals surface area contributed by atoms with Gasteiger partial charge in [0, 0.05) is 11.2 Å². The Bertz CT molecular complexity index is 1290. The van der Waals surface area contributed by atoms with Crippen molar-refractivity contribution in [2.45, 2.75) is 27.0 Å². The number of benzene rings is 2. The first kappa shape index (κ1) is 25.1. The Kier molecular flexibility index (Phi) is 7.86. The van der Waals surface area contributed by atoms with Gasteiger partial charge in [0.25, 0.3) is 5.91 Å². The summed E-state index contributed by atoms with van der Waals surface area (Å²) in [5.41, 5.74) is 1.49. The predicted octanol–water partition coefficient (Wildman–Crippen LogP) is 5.25. The molecular weight excluding hydrogens is 464 g/mol. The van der Waals surface area contributed by atoms with Crippen molar-refractivity contribution in [1.29, 1.82) is 0 Å². The molecule has 0 aliphatic rings. The van der Waals surface area contributed by atoms with Crippen LogP contribution in [0.15, 0.2) is 60.8 Å². The normalized spacial score (nSPS) is 11.7. The number of aryl methyl sites for hydroxylation is 1. The largest absolute Gasteiger partial charge is 0.485 e. The third kappa shape index (κ3) is 5.03. The molecule has 0 bridgehead atoms. The Balaban J connectivity index is 0.00000324. The summed E-state index contributed by atoms with van der Waals surface area (Å²) in [4.78, 5) is 17.5. The summed E-state index contributed by atoms with van der Waals surface area (Å²) in [6.45, 7) is 1.01. The maximum Gasteiger partial charge on any atom is 0.270 e. The van der Waals surface area contributed by atoms with Crippen molar-refractivity contribution in [3.05, 3.63) is 100.0 Å². The Morgan fingerprint density at radius 3 is 2.47 bits per heavy atom. The van der Waals surface area contributed by atoms with Crippen molar-refractivity contribution in [2.24, 2.45) is 0 Å². The van der Waals surface area contributed by atoms with Gasteiger partial charge in [-0.05, 0) is 48.9 Å². The summed E-state index contributed by atoms with van der Waals surface area (Å²) >= 11 is 5.91. The molecule has 2 aromatic heterocycles. The zero-order chi connectivity index (χ0) is 23.5. The number of carbonyl (C=O) groups is 1. The molecule has 0 aliphatic carbocycles. The van der Waals surface area contributed by atoms with Gasteiger partial charge in [-0.25, -0.2) is 13.8 Å². The first-order valence-corrected chi connectivity index (χ1v) is 10.5. The number of halogens is 3. The van der Waals surface area contributed by atoms with Crippen LogP contribution >= 0.6 is 11.6 Å². The Morgan fingerprint density at radius 2 is 1.82 bits per heavy atom. The average Bonchev–Trinajstić information content (AvgIpc) is 3.14. The van der Waals surface area contributed by atoms with E-state index in [2.05, 4.69) is 10.3 Å². The smallest absolute Gasteiger partial charge is 0.270 e. The van der Waals surface area contributed by atoms with Gasteiger partial charge in [0.1, 0.15) is 23.9 Å². The lowest BCUT2D eigenvalue weighted by Crippen LogP contribution is -2.32. The highest BCUT2D eigenvalue weighted by atomic mass is 35.5. The molecule has 2 N–H and O–H groups in total. The number of fused-ring (bicyclic) bond motifs is 1. The molecule has 1 amide bonds. The third-order valence-corrected chi connectivity index (χ3v) is 5.45. The molecule has 0 saturated carbocycles. The van der Waals surface area contributed by atoms with Crippen LogP contribution in [-0.2, 0) is 6.61 Å². The molecule has 1 atom stereocenters. The molecule has 34 heavy (non-hydrogen) atoms. The Hall–Kier alpha value is -3.49. The molecule has 0 fully saturated rings. The number of nitrogens with zero attached hydrogens (tertiary/aromatic N) is 2. The number of ether oxygens (including phenoxy) is 1. The highest BCUT2D eigenvalue weighted by Gasteiger charge is 2.22. The van der Waals surface area contributed by atoms with Crippen molar-refractivity contribution in [3.8, 4) is 5.75 Å². The van der Waals surface area contributed by atoms with Gasteiger partial charge < -0.3 is 15.2 Å². The van der Waals surface area contributed by atoms with E-state index in [0.29, 0.717) is 21.9 Å². The van der Waals surface area contributed by atoms with Gasteiger partial charge in [0.05, 0.1) is 23.9 Å². The van der Waals surface area contributed by atoms with Crippen LogP contribution in [-0.4, -0.2) is 27.0 Å². The van der Waals surface area contributed by atoms with Crippen LogP contribution in [0.5, 0.6) is 5.75 Å². The lowest BCUT2D eigenvalue weighted by molar-refractivity contribution is 0.0909. The van der Waals surface area contributed by atoms with E-state index in [4.69, 9.17) is 16.3 Å². The highest BCUT2D eigenvalue weighted by Crippen LogP contribution is 2.25. The number of aliphatic hydroxyl groups is 1. The van der Waals surface area contributed by atoms with E-state index in [1.54, 1.807) is 49.5 Å². The summed E-state index contributed by atoms with van der Waals surface area (Å²) in [6.07, 6.45) is 1.64. The maximum absolute atomic E-state index is 13.9. The number of pyridine rings is 1. The van der Waals surface area contributed by atoms with Gasteiger partial charge in [-0.15, -0.1) is 0 Å². The van der Waals surface area contributed by atoms with Crippen LogP contribution in [0.3, 0.4) is 0 Å². The standard InChI is InChI=1S/C24H20ClF2N3O3.CH4/c1-14-22(24(32)29-20(12-31)15-7-9-16(25)10-8-15)30-11-3-6-21(23(30)28-14)33-13-17-18(26)4-2-5-19(17)27;/h2-11,20,31H,12-13H2,1H3,(H,29,32);1H4. The van der Waals surface area contributed by atoms with E-state index in [9.17, 15) is 18.7 Å². The number of rotatable bonds is 7. The topological polar surface area (TPSA) is 75.9 Å². The van der Waals surface area contributed by atoms with E-state index in [1.165, 1.54) is 10.5 Å². The summed E-state index contributed by atoms with van der Waals surface area (Å²) in [6, 6.07) is 13.0. The molecule has 0 saturated heterocycles. The second-order valence-electron chi connectivity index (χ2n) is 7.36. The molecule has 0 aliphatic heterocycles. The first-order valence-electron chi connectivity index (χ1n) is 10.1. The van der Waals surface area contributed by atoms with Crippen LogP contribution in [0.4, 0.5) is 8.78 Å². The van der Waals surface area contributed by atoms with Crippen molar-refractivity contribution in [1.82, 2.24) is 14.7 Å². The van der Waals surface area contributed by atoms with Crippen molar-refractivity contribution in [3.63, 3.8) is 0 Å². The monoisotopic (exact) mass is 487 g/mol. The van der Waals surface area contributed by atoms with Gasteiger partial charge in [0.2, 0.25) is 0 Å². The van der Waals surface area contributed by atoms with E-state index in [0.717, 1.165) is 12.1 Å². The fourth-order valence-corrected chi connectivity index (χ4v) is 3.64. The van der Waals surface area contributed by atoms with Gasteiger partial charge >= 0.3 is 0 Å². The Labute approximate surface area is 200 Å². The molecule has 0 radical (unpaired) electrons. The van der Waals surface area contributed by atoms with Crippen molar-refractivity contribution < 1.29 is 23.4 Å². The fraction of sp³-hybridized carbons (Fsp3) is 0.200. The first-order chi connectivity index (χ1) is 15.9. The van der Waals surface area contributed by atoms with Gasteiger partial charge in [-0.2, -0.15) is 0 Å². The van der Waals surface area contributed by atoms with E-state index in [1.807, 2.05) is 0 Å². The van der Waals surface area contributed by atoms with Crippen LogP contribution < -0.4 is 10.1 Å². The third-order valence-electron chi connectivity index (χ3n) is 5.20. The number of hydrogen-bond donors (Lipinski definition) is 2. The highest BCUT2D eigenvalue weighted by molar-refractivity contribution is 6.30. The molecule has 9 heteroatoms. The number of aliphatic hydroxyl groups excluding tert-OH is 1. The van der Waals surface area contributed by atoms with Crippen LogP contribution in [0.1, 0.15) is 40.8 Å². The van der Waals surface area contributed by atoms with E-state index < -0.39 is 23.6 Å². The van der Waals surface area contributed by atoms with Gasteiger partial charge in [-0.3, -0.25) is 9.20 Å². The van der Waals surface area contributed by atoms with Crippen molar-refractivity contribution in [2.75, 3.05) is 6.61 Å². The minimum atomic E-state index is -0.709. The van der Waals surface area contributed by atoms with Crippen LogP contribution in [0, 0.1) is 18.6 Å². The molecule has 0 spiro atoms. The van der Waals surface area contributed by atoms with E-state index in [-0.39, 0.29) is 37.6 Å². The quantitative estimate of drug-likeness (QED) is 0.373. The number of carbonyl (C=O) groups excluding carboxylic acids is 1. The van der Waals surface area contributed by atoms with Crippen LogP contribution in [0.25, 0.3) is 5.65 Å². The number of hydrogen-bond acceptors (Lipinski definition) is 4. The molecular formula is C25H24ClF2N3O3. The average molecular weight is 488 g/mol. The second-order valence-corrected chi connectivity index (χ2v) is 7.80. The molecule has 6 nitrogen and oxygen atoms in total. The molecule has 2 aromatic carbocycles. The fourth-order valence-electron chi connectivity index (χ4n) is 3.52. The second kappa shape index (κ2) is 10.6. The molecule has 178 valence electrons. The summed E-state index contributed by atoms with van der Waals surface area (Å²) in [7, 11) is 0. The van der Waals surface area contributed by atoms with Crippen molar-refractivity contribution >= 4 is 23.2 Å². The summed E-state index contributed by atoms with van der Waals surface area (Å²) in [5, 5.41) is 13.1. The molecule has 4 aromatic rings. The van der Waals surface area contributed by atoms with Gasteiger partial charge in [0.15, 0.2) is 11.4 Å². The minimum absolute atomic E-state index is 0. The number of aromatic nitrogens is 2. The SMILES string of the molecule is C.Cc1nc2c(OCc3c(F)cccc3F)cccn2c1C(=O)NC(CO)c1ccc(Cl)cc1. The summed E-state index contributed by atoms with van der Waals surface area (Å²) in [5.74, 6) is -1.61. The predicted molar refractivity (Wildman–Crippen MR) is 126 cm³/mol. The Morgan fingerprint density at radius 1 is 1.15 bits per heavy atom. The zero-order valence-electron chi connectivity index (χ0n) is 17.6. The number of nitrogens with one attached hydrogen (secondary N) is 1. The number of imidazole rings is 1. The lowest BCUT2D eigenvalue weighted by Gasteiger charge is -2.17. The lowest BCUT2D eigenvalue weighted by atomic mass is 10.1. The minimum Gasteiger partial charge on any atom is -0.485 e. The number of amides is 1. The summed E-state index contributed by atoms with van der Waals surface area (Å²) < 4.78 is 35.1. The maximum atomic E-state index is 13.9. The molecule has 2 heterocycles. The molecule has 4 rings (SSSR count). The molecule has 1 unspecified atom stereocenters. The van der Waals surface area contributed by atoms with Crippen LogP contribution in [0.2, 0.25) is 5.02 Å². The zero-order valence-corrected chi connectivity index (χ0v) is 18.3. The van der Waals surface area contributed by atoms with E-state index >= 15 is 0 Å². The van der Waals surface area contributed by atoms with Gasteiger partial charge in [-0.1, -0.05) is 37.2 Å².